The first-order valence-corrected chi connectivity index (χ1v) is 8.06. The highest BCUT2D eigenvalue weighted by Gasteiger charge is 1.95. The molecule has 0 saturated carbocycles. The maximum Gasteiger partial charge on any atom is 0.356 e. The van der Waals surface area contributed by atoms with Gasteiger partial charge in [-0.2, -0.15) is 0 Å². The highest BCUT2D eigenvalue weighted by Crippen LogP contribution is 1.96. The van der Waals surface area contributed by atoms with E-state index in [4.69, 9.17) is 0 Å². The van der Waals surface area contributed by atoms with Gasteiger partial charge in [0.25, 0.3) is 0 Å². The van der Waals surface area contributed by atoms with Crippen LogP contribution in [0, 0.1) is 0 Å². The second-order valence-corrected chi connectivity index (χ2v) is 9.95. The lowest BCUT2D eigenvalue weighted by atomic mass is 11.0. The lowest BCUT2D eigenvalue weighted by Gasteiger charge is -1.78. The highest BCUT2D eigenvalue weighted by molar-refractivity contribution is 14.1. The minimum absolute atomic E-state index is 0.180. The molecule has 0 radical (unpaired) electrons. The highest BCUT2D eigenvalue weighted by atomic mass is 127. The van der Waals surface area contributed by atoms with Gasteiger partial charge in [-0.3, -0.25) is 0 Å². The Morgan fingerprint density at radius 3 is 2.00 bits per heavy atom. The summed E-state index contributed by atoms with van der Waals surface area (Å²) in [5, 5.41) is 1.43. The molecule has 0 fully saturated rings. The third kappa shape index (κ3) is 5.26. The van der Waals surface area contributed by atoms with Gasteiger partial charge in [0.05, 0.1) is 0 Å². The normalized spacial score (nSPS) is 7.80. The van der Waals surface area contributed by atoms with Crippen molar-refractivity contribution in [2.75, 3.05) is 0 Å². The molecule has 5 heavy (non-hydrogen) atoms. The van der Waals surface area contributed by atoms with Gasteiger partial charge in [-0.1, -0.05) is 18.0 Å². The quantitative estimate of drug-likeness (QED) is 0.446. The maximum atomic E-state index is 2.55. The van der Waals surface area contributed by atoms with Gasteiger partial charge >= 0.3 is 10.9 Å². The van der Waals surface area contributed by atoms with E-state index in [1.165, 1.54) is 5.28 Å². The third-order valence-corrected chi connectivity index (χ3v) is 4.33. The van der Waals surface area contributed by atoms with E-state index >= 15 is 0 Å². The first kappa shape index (κ1) is 6.26. The summed E-state index contributed by atoms with van der Waals surface area (Å²) in [7, 11) is -0.180. The monoisotopic (exact) mass is 198 g/mol. The smallest absolute Gasteiger partial charge is 0.210 e. The molecule has 0 aliphatic carbocycles. The van der Waals surface area contributed by atoms with E-state index in [1.807, 2.05) is 0 Å². The summed E-state index contributed by atoms with van der Waals surface area (Å²) in [5.74, 6) is 2.35. The summed E-state index contributed by atoms with van der Waals surface area (Å²) in [6.45, 7) is 2.25. The molecule has 0 aromatic rings. The number of hydrogen-bond donors (Lipinski definition) is 0. The summed E-state index contributed by atoms with van der Waals surface area (Å²) in [5.41, 5.74) is 0. The van der Waals surface area contributed by atoms with E-state index in [9.17, 15) is 0 Å². The molecule has 0 nitrogen and oxygen atoms in total. The van der Waals surface area contributed by atoms with E-state index < -0.39 is 0 Å². The van der Waals surface area contributed by atoms with Gasteiger partial charge < -0.3 is 0 Å². The summed E-state index contributed by atoms with van der Waals surface area (Å²) < 4.78 is 0. The van der Waals surface area contributed by atoms with Crippen LogP contribution in [-0.2, 0) is 0 Å². The molecule has 0 heterocycles. The molecule has 0 bridgehead atoms. The second-order valence-electron chi connectivity index (χ2n) is 1.19. The predicted octanol–water partition coefficient (Wildman–Crippen LogP) is 2.06. The van der Waals surface area contributed by atoms with Crippen LogP contribution < -0.4 is 0 Å². The molecule has 0 atom stereocenters. The Balaban J connectivity index is 2.54. The molecule has 0 N–H and O–H groups in total. The largest absolute Gasteiger partial charge is 0.356 e. The maximum absolute atomic E-state index is 2.55. The molecule has 0 aliphatic rings. The van der Waals surface area contributed by atoms with Crippen molar-refractivity contribution < 1.29 is 0 Å². The van der Waals surface area contributed by atoms with Crippen molar-refractivity contribution in [2.45, 2.75) is 18.0 Å². The first-order chi connectivity index (χ1) is 2.27. The molecule has 2 heteroatoms. The topological polar surface area (TPSA) is 0 Å². The molecule has 0 aliphatic heterocycles. The zero-order chi connectivity index (χ0) is 4.28. The molecular formula is C3H8AlI. The van der Waals surface area contributed by atoms with Crippen molar-refractivity contribution in [2.24, 2.45) is 0 Å². The minimum atomic E-state index is -0.180. The average Bonchev–Trinajstić information content (AvgIpc) is 1.38. The van der Waals surface area contributed by atoms with E-state index in [0.29, 0.717) is 0 Å². The Morgan fingerprint density at radius 1 is 1.80 bits per heavy atom. The minimum Gasteiger partial charge on any atom is -0.210 e. The van der Waals surface area contributed by atoms with E-state index in [0.717, 1.165) is 0 Å². The number of hydrogen-bond acceptors (Lipinski definition) is 0. The van der Waals surface area contributed by atoms with Crippen LogP contribution in [0.1, 0.15) is 6.92 Å². The molecule has 0 unspecified atom stereocenters. The van der Waals surface area contributed by atoms with Crippen molar-refractivity contribution >= 4 is 31.1 Å². The van der Waals surface area contributed by atoms with Gasteiger partial charge in [0.1, 0.15) is 0 Å². The Bertz CT molecular complexity index is 20.9. The lowest BCUT2D eigenvalue weighted by molar-refractivity contribution is 1.45. The van der Waals surface area contributed by atoms with Crippen molar-refractivity contribution in [1.29, 1.82) is 0 Å². The fraction of sp³-hybridized carbons (Fsp3) is 1.00. The fourth-order valence-electron chi connectivity index (χ4n) is 0. The van der Waals surface area contributed by atoms with Crippen LogP contribution in [0.5, 0.6) is 0 Å². The van der Waals surface area contributed by atoms with Gasteiger partial charge in [-0.15, -0.1) is 0 Å². The van der Waals surface area contributed by atoms with Gasteiger partial charge in [0, 0.05) is 0 Å². The van der Waals surface area contributed by atoms with Crippen LogP contribution in [0.4, 0.5) is 0 Å². The number of rotatable bonds is 1. The molecule has 0 saturated heterocycles. The Kier molecular flexibility index (Phi) is 4.32. The Labute approximate surface area is 49.0 Å². The van der Waals surface area contributed by atoms with Crippen molar-refractivity contribution in [3.05, 3.63) is 0 Å². The standard InChI is InChI=1S/C2H5.CH3.Al.HI/c1-2;;;/h1H2,2H3;1H3;;1H/q;;+1;/p-1. The molecular weight excluding hydrogens is 190 g/mol. The first-order valence-electron chi connectivity index (χ1n) is 1.91. The van der Waals surface area contributed by atoms with Crippen LogP contribution in [-0.4, -0.2) is 10.9 Å². The summed E-state index contributed by atoms with van der Waals surface area (Å²) in [4.78, 5) is 0. The van der Waals surface area contributed by atoms with Crippen LogP contribution in [0.3, 0.4) is 0 Å². The molecule has 0 aromatic heterocycles. The lowest BCUT2D eigenvalue weighted by Crippen LogP contribution is -1.86. The average molecular weight is 198 g/mol. The van der Waals surface area contributed by atoms with Crippen molar-refractivity contribution in [3.63, 3.8) is 0 Å². The number of halogens is 1. The van der Waals surface area contributed by atoms with Gasteiger partial charge in [0.2, 0.25) is 0 Å². The van der Waals surface area contributed by atoms with E-state index in [1.54, 1.807) is 0 Å². The predicted molar refractivity (Wildman–Crippen MR) is 36.1 cm³/mol. The SMILES string of the molecule is C[CH2][Al]([CH3])[I]. The van der Waals surface area contributed by atoms with Gasteiger partial charge in [-0.05, 0) is 0 Å². The molecule has 0 aromatic carbocycles. The zero-order valence-electron chi connectivity index (χ0n) is 3.66. The van der Waals surface area contributed by atoms with E-state index in [-0.39, 0.29) is 10.9 Å². The van der Waals surface area contributed by atoms with Crippen LogP contribution >= 0.6 is 20.3 Å². The zero-order valence-corrected chi connectivity index (χ0v) is 6.97. The van der Waals surface area contributed by atoms with Gasteiger partial charge in [-0.25, -0.2) is 20.3 Å². The van der Waals surface area contributed by atoms with E-state index in [2.05, 4.69) is 33.0 Å². The molecule has 0 rings (SSSR count). The third-order valence-electron chi connectivity index (χ3n) is 0.563. The Morgan fingerprint density at radius 2 is 2.00 bits per heavy atom. The van der Waals surface area contributed by atoms with Crippen molar-refractivity contribution in [1.82, 2.24) is 0 Å². The fourth-order valence-corrected chi connectivity index (χ4v) is 0. The molecule has 0 amide bonds. The summed E-state index contributed by atoms with van der Waals surface area (Å²) in [6.07, 6.45) is 0. The molecule has 30 valence electrons. The van der Waals surface area contributed by atoms with Crippen molar-refractivity contribution in [3.8, 4) is 0 Å². The van der Waals surface area contributed by atoms with Gasteiger partial charge in [0.15, 0.2) is 0 Å². The van der Waals surface area contributed by atoms with Crippen LogP contribution in [0.25, 0.3) is 0 Å². The molecule has 0 spiro atoms. The van der Waals surface area contributed by atoms with Crippen LogP contribution in [0.2, 0.25) is 11.1 Å². The second kappa shape index (κ2) is 3.45. The summed E-state index contributed by atoms with van der Waals surface area (Å²) >= 11 is 2.55. The summed E-state index contributed by atoms with van der Waals surface area (Å²) in [6, 6.07) is 0. The van der Waals surface area contributed by atoms with Crippen LogP contribution in [0.15, 0.2) is 0 Å². The Hall–Kier alpha value is 1.26.